The zero-order valence-electron chi connectivity index (χ0n) is 27.4. The second-order valence-electron chi connectivity index (χ2n) is 12.5. The fourth-order valence-corrected chi connectivity index (χ4v) is 7.11. The normalized spacial score (nSPS) is 11.2. The molecule has 0 aliphatic rings. The van der Waals surface area contributed by atoms with Gasteiger partial charge in [0, 0.05) is 27.9 Å². The van der Waals surface area contributed by atoms with E-state index in [2.05, 4.69) is 199 Å². The zero-order chi connectivity index (χ0) is 33.3. The lowest BCUT2D eigenvalue weighted by Gasteiger charge is -2.27. The predicted molar refractivity (Wildman–Crippen MR) is 210 cm³/mol. The standard InChI is InChI=1S/C48H33NO/c1-3-15-38(16-4-1)47-44-22-10-12-25-46(44)50-48(47)43-21-9-11-24-45(43)49(39-18-5-2-6-19-39)40-32-30-35(31-33-40)34-26-28-37(29-27-34)42-23-13-17-36-14-7-8-20-41(36)42/h1-33H. The Morgan fingerprint density at radius 3 is 1.66 bits per heavy atom. The van der Waals surface area contributed by atoms with Crippen LogP contribution in [0.2, 0.25) is 0 Å². The first kappa shape index (κ1) is 29.5. The molecule has 9 rings (SSSR count). The molecule has 2 nitrogen and oxygen atoms in total. The minimum atomic E-state index is 0.858. The first-order valence-corrected chi connectivity index (χ1v) is 17.0. The first-order valence-electron chi connectivity index (χ1n) is 17.0. The molecule has 0 bridgehead atoms. The Kier molecular flexibility index (Phi) is 7.53. The van der Waals surface area contributed by atoms with Crippen LogP contribution in [0.25, 0.3) is 66.4 Å². The van der Waals surface area contributed by atoms with Crippen molar-refractivity contribution >= 4 is 38.8 Å². The highest BCUT2D eigenvalue weighted by molar-refractivity contribution is 6.04. The van der Waals surface area contributed by atoms with Gasteiger partial charge in [0.05, 0.1) is 5.69 Å². The third-order valence-corrected chi connectivity index (χ3v) is 9.51. The third-order valence-electron chi connectivity index (χ3n) is 9.51. The summed E-state index contributed by atoms with van der Waals surface area (Å²) in [5.41, 5.74) is 12.1. The Morgan fingerprint density at radius 2 is 0.880 bits per heavy atom. The number of rotatable bonds is 7. The lowest BCUT2D eigenvalue weighted by molar-refractivity contribution is 0.632. The number of para-hydroxylation sites is 3. The SMILES string of the molecule is c1ccc(-c2c(-c3ccccc3N(c3ccccc3)c3ccc(-c4ccc(-c5cccc6ccccc56)cc4)cc3)oc3ccccc23)cc1. The van der Waals surface area contributed by atoms with Crippen molar-refractivity contribution in [3.8, 4) is 44.7 Å². The van der Waals surface area contributed by atoms with Gasteiger partial charge in [-0.25, -0.2) is 0 Å². The van der Waals surface area contributed by atoms with Gasteiger partial charge in [-0.2, -0.15) is 0 Å². The molecular weight excluding hydrogens is 607 g/mol. The summed E-state index contributed by atoms with van der Waals surface area (Å²) in [4.78, 5) is 2.32. The monoisotopic (exact) mass is 639 g/mol. The molecule has 0 unspecified atom stereocenters. The van der Waals surface area contributed by atoms with Crippen molar-refractivity contribution in [2.45, 2.75) is 0 Å². The molecule has 50 heavy (non-hydrogen) atoms. The van der Waals surface area contributed by atoms with Gasteiger partial charge in [0.2, 0.25) is 0 Å². The fraction of sp³-hybridized carbons (Fsp3) is 0. The molecule has 1 aromatic heterocycles. The molecule has 8 aromatic carbocycles. The molecule has 0 fully saturated rings. The summed E-state index contributed by atoms with van der Waals surface area (Å²) in [7, 11) is 0. The van der Waals surface area contributed by atoms with Crippen molar-refractivity contribution in [1.29, 1.82) is 0 Å². The van der Waals surface area contributed by atoms with Gasteiger partial charge in [0.25, 0.3) is 0 Å². The molecule has 1 heterocycles. The number of anilines is 3. The fourth-order valence-electron chi connectivity index (χ4n) is 7.11. The van der Waals surface area contributed by atoms with Crippen LogP contribution in [-0.2, 0) is 0 Å². The summed E-state index contributed by atoms with van der Waals surface area (Å²) < 4.78 is 6.72. The van der Waals surface area contributed by atoms with Crippen LogP contribution >= 0.6 is 0 Å². The van der Waals surface area contributed by atoms with Gasteiger partial charge in [-0.1, -0.05) is 158 Å². The number of hydrogen-bond acceptors (Lipinski definition) is 2. The molecule has 2 heteroatoms. The molecule has 0 saturated heterocycles. The highest BCUT2D eigenvalue weighted by atomic mass is 16.3. The molecular formula is C48H33NO. The summed E-state index contributed by atoms with van der Waals surface area (Å²) in [5.74, 6) is 0.858. The maximum absolute atomic E-state index is 6.72. The van der Waals surface area contributed by atoms with Gasteiger partial charge in [-0.3, -0.25) is 0 Å². The van der Waals surface area contributed by atoms with Crippen LogP contribution in [0.5, 0.6) is 0 Å². The summed E-state index contributed by atoms with van der Waals surface area (Å²) in [6.07, 6.45) is 0. The minimum Gasteiger partial charge on any atom is -0.455 e. The molecule has 0 radical (unpaired) electrons. The topological polar surface area (TPSA) is 16.4 Å². The number of furan rings is 1. The van der Waals surface area contributed by atoms with Crippen LogP contribution in [0.15, 0.2) is 205 Å². The van der Waals surface area contributed by atoms with E-state index >= 15 is 0 Å². The molecule has 0 amide bonds. The second-order valence-corrected chi connectivity index (χ2v) is 12.5. The van der Waals surface area contributed by atoms with Gasteiger partial charge in [-0.05, 0) is 81.1 Å². The van der Waals surface area contributed by atoms with E-state index in [9.17, 15) is 0 Å². The Balaban J connectivity index is 1.12. The van der Waals surface area contributed by atoms with E-state index in [0.29, 0.717) is 0 Å². The van der Waals surface area contributed by atoms with Crippen LogP contribution in [0.4, 0.5) is 17.1 Å². The van der Waals surface area contributed by atoms with Gasteiger partial charge in [-0.15, -0.1) is 0 Å². The van der Waals surface area contributed by atoms with Crippen LogP contribution in [0.1, 0.15) is 0 Å². The molecule has 0 atom stereocenters. The van der Waals surface area contributed by atoms with E-state index in [1.807, 2.05) is 6.07 Å². The summed E-state index contributed by atoms with van der Waals surface area (Å²) >= 11 is 0. The number of nitrogens with zero attached hydrogens (tertiary/aromatic N) is 1. The Hall–Kier alpha value is -6.64. The molecule has 0 saturated carbocycles. The third kappa shape index (κ3) is 5.34. The van der Waals surface area contributed by atoms with Gasteiger partial charge < -0.3 is 9.32 Å². The van der Waals surface area contributed by atoms with Crippen LogP contribution in [0, 0.1) is 0 Å². The largest absolute Gasteiger partial charge is 0.455 e. The highest BCUT2D eigenvalue weighted by Gasteiger charge is 2.23. The summed E-state index contributed by atoms with van der Waals surface area (Å²) in [5, 5.41) is 3.63. The van der Waals surface area contributed by atoms with Crippen LogP contribution in [0.3, 0.4) is 0 Å². The maximum atomic E-state index is 6.72. The molecule has 0 N–H and O–H groups in total. The van der Waals surface area contributed by atoms with Crippen molar-refractivity contribution in [3.63, 3.8) is 0 Å². The average molecular weight is 640 g/mol. The predicted octanol–water partition coefficient (Wildman–Crippen LogP) is 13.7. The summed E-state index contributed by atoms with van der Waals surface area (Å²) in [6, 6.07) is 70.8. The zero-order valence-corrected chi connectivity index (χ0v) is 27.4. The van der Waals surface area contributed by atoms with E-state index < -0.39 is 0 Å². The Bertz CT molecular complexity index is 2560. The van der Waals surface area contributed by atoms with Crippen LogP contribution in [-0.4, -0.2) is 0 Å². The van der Waals surface area contributed by atoms with E-state index in [1.165, 1.54) is 33.0 Å². The number of hydrogen-bond donors (Lipinski definition) is 0. The number of fused-ring (bicyclic) bond motifs is 2. The average Bonchev–Trinajstić information content (AvgIpc) is 3.59. The molecule has 0 spiro atoms. The van der Waals surface area contributed by atoms with E-state index in [4.69, 9.17) is 4.42 Å². The van der Waals surface area contributed by atoms with Gasteiger partial charge >= 0.3 is 0 Å². The first-order chi connectivity index (χ1) is 24.8. The van der Waals surface area contributed by atoms with Crippen LogP contribution < -0.4 is 4.90 Å². The number of benzene rings is 8. The quantitative estimate of drug-likeness (QED) is 0.173. The van der Waals surface area contributed by atoms with Crippen molar-refractivity contribution in [1.82, 2.24) is 0 Å². The van der Waals surface area contributed by atoms with Crippen molar-refractivity contribution in [2.75, 3.05) is 4.90 Å². The lowest BCUT2D eigenvalue weighted by atomic mass is 9.96. The lowest BCUT2D eigenvalue weighted by Crippen LogP contribution is -2.11. The smallest absolute Gasteiger partial charge is 0.145 e. The van der Waals surface area contributed by atoms with E-state index in [-0.39, 0.29) is 0 Å². The minimum absolute atomic E-state index is 0.858. The second kappa shape index (κ2) is 12.8. The van der Waals surface area contributed by atoms with Crippen molar-refractivity contribution in [3.05, 3.63) is 200 Å². The highest BCUT2D eigenvalue weighted by Crippen LogP contribution is 2.47. The summed E-state index contributed by atoms with van der Waals surface area (Å²) in [6.45, 7) is 0. The Morgan fingerprint density at radius 1 is 0.340 bits per heavy atom. The van der Waals surface area contributed by atoms with E-state index in [0.717, 1.165) is 50.5 Å². The van der Waals surface area contributed by atoms with Gasteiger partial charge in [0.1, 0.15) is 11.3 Å². The van der Waals surface area contributed by atoms with E-state index in [1.54, 1.807) is 0 Å². The molecule has 9 aromatic rings. The van der Waals surface area contributed by atoms with Crippen molar-refractivity contribution in [2.24, 2.45) is 0 Å². The molecule has 0 aliphatic heterocycles. The van der Waals surface area contributed by atoms with Crippen molar-refractivity contribution < 1.29 is 4.42 Å². The molecule has 236 valence electrons. The van der Waals surface area contributed by atoms with Gasteiger partial charge in [0.15, 0.2) is 0 Å². The molecule has 0 aliphatic carbocycles. The Labute approximate surface area is 292 Å². The maximum Gasteiger partial charge on any atom is 0.145 e.